The van der Waals surface area contributed by atoms with Crippen LogP contribution in [0.1, 0.15) is 19.8 Å². The summed E-state index contributed by atoms with van der Waals surface area (Å²) in [6, 6.07) is 5.35. The molecule has 0 aliphatic carbocycles. The lowest BCUT2D eigenvalue weighted by Crippen LogP contribution is -2.42. The SMILES string of the molecule is CC1CC(Nc2ccncc2)CCN1C. The lowest BCUT2D eigenvalue weighted by Gasteiger charge is -2.35. The second kappa shape index (κ2) is 4.62. The van der Waals surface area contributed by atoms with Gasteiger partial charge < -0.3 is 10.2 Å². The van der Waals surface area contributed by atoms with Gasteiger partial charge in [-0.1, -0.05) is 0 Å². The van der Waals surface area contributed by atoms with Crippen LogP contribution in [0, 0.1) is 0 Å². The van der Waals surface area contributed by atoms with E-state index in [4.69, 9.17) is 0 Å². The minimum atomic E-state index is 0.610. The van der Waals surface area contributed by atoms with Gasteiger partial charge in [0.05, 0.1) is 0 Å². The molecule has 2 unspecified atom stereocenters. The predicted octanol–water partition coefficient (Wildman–Crippen LogP) is 1.98. The summed E-state index contributed by atoms with van der Waals surface area (Å²) >= 11 is 0. The number of piperidine rings is 1. The number of rotatable bonds is 2. The highest BCUT2D eigenvalue weighted by Gasteiger charge is 2.22. The average Bonchev–Trinajstić information content (AvgIpc) is 2.25. The molecule has 1 saturated heterocycles. The van der Waals surface area contributed by atoms with Crippen LogP contribution < -0.4 is 5.32 Å². The third kappa shape index (κ3) is 2.69. The number of nitrogens with one attached hydrogen (secondary N) is 1. The van der Waals surface area contributed by atoms with Gasteiger partial charge in [-0.15, -0.1) is 0 Å². The van der Waals surface area contributed by atoms with Gasteiger partial charge in [-0.05, 0) is 38.9 Å². The minimum Gasteiger partial charge on any atom is -0.382 e. The molecule has 1 aliphatic rings. The van der Waals surface area contributed by atoms with Gasteiger partial charge in [-0.2, -0.15) is 0 Å². The van der Waals surface area contributed by atoms with Gasteiger partial charge in [0.1, 0.15) is 0 Å². The molecule has 1 fully saturated rings. The van der Waals surface area contributed by atoms with E-state index in [0.717, 1.165) is 0 Å². The van der Waals surface area contributed by atoms with E-state index in [-0.39, 0.29) is 0 Å². The molecule has 1 N–H and O–H groups in total. The Hall–Kier alpha value is -1.09. The number of hydrogen-bond donors (Lipinski definition) is 1. The molecule has 0 amide bonds. The molecule has 3 heteroatoms. The van der Waals surface area contributed by atoms with E-state index in [0.29, 0.717) is 12.1 Å². The van der Waals surface area contributed by atoms with Crippen molar-refractivity contribution in [1.82, 2.24) is 9.88 Å². The molecule has 0 aromatic carbocycles. The van der Waals surface area contributed by atoms with Crippen molar-refractivity contribution < 1.29 is 0 Å². The zero-order chi connectivity index (χ0) is 10.7. The fraction of sp³-hybridized carbons (Fsp3) is 0.583. The largest absolute Gasteiger partial charge is 0.382 e. The second-order valence-corrected chi connectivity index (χ2v) is 4.43. The molecule has 3 nitrogen and oxygen atoms in total. The first kappa shape index (κ1) is 10.4. The van der Waals surface area contributed by atoms with Gasteiger partial charge in [0.25, 0.3) is 0 Å². The molecule has 0 bridgehead atoms. The molecule has 82 valence electrons. The Bertz CT molecular complexity index is 299. The Balaban J connectivity index is 1.91. The number of nitrogens with zero attached hydrogens (tertiary/aromatic N) is 2. The molecule has 2 heterocycles. The lowest BCUT2D eigenvalue weighted by molar-refractivity contribution is 0.190. The van der Waals surface area contributed by atoms with Gasteiger partial charge in [0.2, 0.25) is 0 Å². The topological polar surface area (TPSA) is 28.2 Å². The van der Waals surface area contributed by atoms with Gasteiger partial charge >= 0.3 is 0 Å². The summed E-state index contributed by atoms with van der Waals surface area (Å²) in [5, 5.41) is 3.57. The van der Waals surface area contributed by atoms with Gasteiger partial charge in [0.15, 0.2) is 0 Å². The Kier molecular flexibility index (Phi) is 3.21. The third-order valence-electron chi connectivity index (χ3n) is 3.26. The molecular formula is C12H19N3. The van der Waals surface area contributed by atoms with Crippen LogP contribution in [-0.2, 0) is 0 Å². The highest BCUT2D eigenvalue weighted by atomic mass is 15.1. The first-order chi connectivity index (χ1) is 7.25. The Morgan fingerprint density at radius 3 is 2.80 bits per heavy atom. The van der Waals surface area contributed by atoms with Crippen molar-refractivity contribution in [2.45, 2.75) is 31.8 Å². The molecular weight excluding hydrogens is 186 g/mol. The summed E-state index contributed by atoms with van der Waals surface area (Å²) in [6.07, 6.45) is 6.11. The summed E-state index contributed by atoms with van der Waals surface area (Å²) in [7, 11) is 2.20. The van der Waals surface area contributed by atoms with E-state index in [9.17, 15) is 0 Å². The maximum absolute atomic E-state index is 4.02. The van der Waals surface area contributed by atoms with Crippen molar-refractivity contribution in [3.63, 3.8) is 0 Å². The third-order valence-corrected chi connectivity index (χ3v) is 3.26. The van der Waals surface area contributed by atoms with Crippen LogP contribution in [0.5, 0.6) is 0 Å². The quantitative estimate of drug-likeness (QED) is 0.800. The van der Waals surface area contributed by atoms with Crippen LogP contribution in [0.3, 0.4) is 0 Å². The molecule has 1 aromatic heterocycles. The molecule has 15 heavy (non-hydrogen) atoms. The minimum absolute atomic E-state index is 0.610. The molecule has 0 saturated carbocycles. The maximum atomic E-state index is 4.02. The summed E-state index contributed by atoms with van der Waals surface area (Å²) < 4.78 is 0. The first-order valence-corrected chi connectivity index (χ1v) is 5.62. The van der Waals surface area contributed by atoms with Crippen LogP contribution in [0.25, 0.3) is 0 Å². The average molecular weight is 205 g/mol. The summed E-state index contributed by atoms with van der Waals surface area (Å²) in [4.78, 5) is 6.44. The van der Waals surface area contributed by atoms with Crippen LogP contribution >= 0.6 is 0 Å². The van der Waals surface area contributed by atoms with Gasteiger partial charge in [-0.3, -0.25) is 4.98 Å². The van der Waals surface area contributed by atoms with Crippen molar-refractivity contribution in [1.29, 1.82) is 0 Å². The fourth-order valence-electron chi connectivity index (χ4n) is 2.10. The summed E-state index contributed by atoms with van der Waals surface area (Å²) in [5.41, 5.74) is 1.19. The number of hydrogen-bond acceptors (Lipinski definition) is 3. The number of anilines is 1. The van der Waals surface area contributed by atoms with E-state index in [2.05, 4.69) is 29.2 Å². The first-order valence-electron chi connectivity index (χ1n) is 5.62. The van der Waals surface area contributed by atoms with Gasteiger partial charge in [0, 0.05) is 36.7 Å². The Morgan fingerprint density at radius 1 is 1.40 bits per heavy atom. The van der Waals surface area contributed by atoms with Crippen molar-refractivity contribution in [2.75, 3.05) is 18.9 Å². The van der Waals surface area contributed by atoms with E-state index < -0.39 is 0 Å². The monoisotopic (exact) mass is 205 g/mol. The molecule has 1 aromatic rings. The standard InChI is InChI=1S/C12H19N3/c1-10-9-12(5-8-15(10)2)14-11-3-6-13-7-4-11/h3-4,6-7,10,12H,5,8-9H2,1-2H3,(H,13,14). The van der Waals surface area contributed by atoms with Crippen molar-refractivity contribution in [2.24, 2.45) is 0 Å². The van der Waals surface area contributed by atoms with E-state index >= 15 is 0 Å². The molecule has 0 radical (unpaired) electrons. The smallest absolute Gasteiger partial charge is 0.0373 e. The second-order valence-electron chi connectivity index (χ2n) is 4.43. The molecule has 2 rings (SSSR count). The Labute approximate surface area is 91.5 Å². The normalized spacial score (nSPS) is 27.6. The number of likely N-dealkylation sites (tertiary alicyclic amines) is 1. The van der Waals surface area contributed by atoms with E-state index in [1.807, 2.05) is 24.5 Å². The summed E-state index contributed by atoms with van der Waals surface area (Å²) in [6.45, 7) is 3.48. The lowest BCUT2D eigenvalue weighted by atomic mass is 9.99. The van der Waals surface area contributed by atoms with Crippen LogP contribution in [-0.4, -0.2) is 35.6 Å². The van der Waals surface area contributed by atoms with Crippen molar-refractivity contribution in [3.05, 3.63) is 24.5 Å². The van der Waals surface area contributed by atoms with Crippen LogP contribution in [0.4, 0.5) is 5.69 Å². The van der Waals surface area contributed by atoms with Crippen molar-refractivity contribution >= 4 is 5.69 Å². The molecule has 2 atom stereocenters. The predicted molar refractivity (Wildman–Crippen MR) is 63.0 cm³/mol. The highest BCUT2D eigenvalue weighted by molar-refractivity contribution is 5.41. The van der Waals surface area contributed by atoms with Crippen LogP contribution in [0.15, 0.2) is 24.5 Å². The van der Waals surface area contributed by atoms with Crippen molar-refractivity contribution in [3.8, 4) is 0 Å². The highest BCUT2D eigenvalue weighted by Crippen LogP contribution is 2.19. The van der Waals surface area contributed by atoms with Gasteiger partial charge in [-0.25, -0.2) is 0 Å². The fourth-order valence-corrected chi connectivity index (χ4v) is 2.10. The summed E-state index contributed by atoms with van der Waals surface area (Å²) in [5.74, 6) is 0. The number of aromatic nitrogens is 1. The van der Waals surface area contributed by atoms with E-state index in [1.165, 1.54) is 25.1 Å². The molecule has 1 aliphatic heterocycles. The number of pyridine rings is 1. The zero-order valence-electron chi connectivity index (χ0n) is 9.48. The van der Waals surface area contributed by atoms with E-state index in [1.54, 1.807) is 0 Å². The molecule has 0 spiro atoms. The van der Waals surface area contributed by atoms with Crippen LogP contribution in [0.2, 0.25) is 0 Å². The maximum Gasteiger partial charge on any atom is 0.0373 e. The Morgan fingerprint density at radius 2 is 2.13 bits per heavy atom. The zero-order valence-corrected chi connectivity index (χ0v) is 9.48.